The molecule has 1 aliphatic carbocycles. The van der Waals surface area contributed by atoms with Gasteiger partial charge >= 0.3 is 26.4 Å². The van der Waals surface area contributed by atoms with Crippen molar-refractivity contribution in [1.29, 1.82) is 0 Å². The molecule has 0 spiro atoms. The molecule has 0 bridgehead atoms. The third-order valence-corrected chi connectivity index (χ3v) is 2.56. The second-order valence-electron chi connectivity index (χ2n) is 3.83. The first kappa shape index (κ1) is 12.6. The summed E-state index contributed by atoms with van der Waals surface area (Å²) in [6.45, 7) is 4.55. The van der Waals surface area contributed by atoms with Crippen LogP contribution in [0.1, 0.15) is 30.9 Å². The van der Waals surface area contributed by atoms with E-state index in [1.54, 1.807) is 0 Å². The summed E-state index contributed by atoms with van der Waals surface area (Å²) in [5, 5.41) is 0. The molecule has 3 heteroatoms. The molecule has 0 saturated carbocycles. The van der Waals surface area contributed by atoms with Gasteiger partial charge in [-0.15, -0.1) is 0 Å². The molecule has 0 radical (unpaired) electrons. The van der Waals surface area contributed by atoms with Crippen molar-refractivity contribution in [2.45, 2.75) is 19.8 Å². The number of allylic oxidation sites excluding steroid dienone is 1. The van der Waals surface area contributed by atoms with Gasteiger partial charge in [0.25, 0.3) is 0 Å². The van der Waals surface area contributed by atoms with Crippen LogP contribution >= 0.6 is 0 Å². The molecule has 15 heavy (non-hydrogen) atoms. The monoisotopic (exact) mass is 244 g/mol. The van der Waals surface area contributed by atoms with Gasteiger partial charge in [0.05, 0.1) is 0 Å². The predicted octanol–water partition coefficient (Wildman–Crippen LogP) is 4.29. The van der Waals surface area contributed by atoms with Crippen molar-refractivity contribution >= 4 is 6.08 Å². The van der Waals surface area contributed by atoms with E-state index in [9.17, 15) is 6.18 Å². The van der Waals surface area contributed by atoms with Crippen LogP contribution in [0.25, 0.3) is 6.08 Å². The standard InChI is InChI=1S/C12H14.2FH.Ti/c1-9(2)11-8-7-10-5-3-4-6-12(10)11;;;/h3-9,11H,1-2H3;2*1H;/q;;;+2/p-2. The van der Waals surface area contributed by atoms with E-state index in [0.717, 1.165) is 0 Å². The first-order chi connectivity index (χ1) is 7.20. The van der Waals surface area contributed by atoms with Gasteiger partial charge in [0, 0.05) is 5.92 Å². The molecule has 1 atom stereocenters. The second kappa shape index (κ2) is 6.19. The molecule has 1 unspecified atom stereocenters. The van der Waals surface area contributed by atoms with E-state index in [4.69, 9.17) is 0 Å². The van der Waals surface area contributed by atoms with E-state index >= 15 is 0 Å². The van der Waals surface area contributed by atoms with E-state index in [0.29, 0.717) is 11.8 Å². The normalized spacial score (nSPS) is 17.0. The Morgan fingerprint density at radius 3 is 2.40 bits per heavy atom. The maximum atomic E-state index is 9.75. The van der Waals surface area contributed by atoms with Crippen LogP contribution in [0.15, 0.2) is 30.3 Å². The number of fused-ring (bicyclic) bond motifs is 1. The molecule has 0 N–H and O–H groups in total. The summed E-state index contributed by atoms with van der Waals surface area (Å²) in [6.07, 6.45) is 4.55. The molecule has 0 aromatic heterocycles. The zero-order chi connectivity index (χ0) is 11.3. The van der Waals surface area contributed by atoms with Gasteiger partial charge in [-0.1, -0.05) is 50.3 Å². The van der Waals surface area contributed by atoms with Crippen molar-refractivity contribution in [2.24, 2.45) is 5.92 Å². The second-order valence-corrected chi connectivity index (χ2v) is 4.05. The van der Waals surface area contributed by atoms with Crippen LogP contribution in [-0.4, -0.2) is 0 Å². The summed E-state index contributed by atoms with van der Waals surface area (Å²) in [6, 6.07) is 8.65. The predicted molar refractivity (Wildman–Crippen MR) is 55.3 cm³/mol. The Bertz CT molecular complexity index is 334. The van der Waals surface area contributed by atoms with E-state index < -0.39 is 20.2 Å². The fourth-order valence-corrected chi connectivity index (χ4v) is 1.86. The molecule has 0 saturated heterocycles. The Hall–Kier alpha value is -0.466. The van der Waals surface area contributed by atoms with Crippen molar-refractivity contribution in [3.05, 3.63) is 41.5 Å². The van der Waals surface area contributed by atoms with Gasteiger partial charge in [0.2, 0.25) is 0 Å². The Morgan fingerprint density at radius 2 is 1.80 bits per heavy atom. The first-order valence-electron chi connectivity index (χ1n) is 4.94. The fraction of sp³-hybridized carbons (Fsp3) is 0.333. The molecule has 2 rings (SSSR count). The van der Waals surface area contributed by atoms with Crippen LogP contribution in [0.2, 0.25) is 0 Å². The molecule has 1 aromatic carbocycles. The van der Waals surface area contributed by atoms with E-state index in [-0.39, 0.29) is 0 Å². The number of benzene rings is 1. The summed E-state index contributed by atoms with van der Waals surface area (Å²) >= 11 is -2.50. The number of hydrogen-bond acceptors (Lipinski definition) is 0. The first-order valence-corrected chi connectivity index (χ1v) is 6.12. The van der Waals surface area contributed by atoms with Crippen LogP contribution < -0.4 is 0 Å². The number of rotatable bonds is 1. The molecule has 0 aliphatic heterocycles. The van der Waals surface area contributed by atoms with Gasteiger partial charge in [-0.3, -0.25) is 0 Å². The fourth-order valence-electron chi connectivity index (χ4n) is 1.86. The van der Waals surface area contributed by atoms with Crippen LogP contribution in [0.3, 0.4) is 0 Å². The average Bonchev–Trinajstić information content (AvgIpc) is 2.62. The summed E-state index contributed by atoms with van der Waals surface area (Å²) in [7, 11) is 0. The summed E-state index contributed by atoms with van der Waals surface area (Å²) < 4.78 is 19.5. The molecular formula is C12H14F2Ti. The molecule has 1 aromatic rings. The third kappa shape index (κ3) is 3.25. The van der Waals surface area contributed by atoms with E-state index in [2.05, 4.69) is 50.3 Å². The SMILES string of the molecule is CC(C)C1C=Cc2ccccc21.[F][Ti][F]. The molecule has 1 aliphatic rings. The summed E-state index contributed by atoms with van der Waals surface area (Å²) in [4.78, 5) is 0. The Kier molecular flexibility index (Phi) is 5.20. The van der Waals surface area contributed by atoms with Gasteiger partial charge < -0.3 is 0 Å². The Balaban J connectivity index is 0.000000337. The molecule has 0 nitrogen and oxygen atoms in total. The average molecular weight is 244 g/mol. The number of hydrogen-bond donors (Lipinski definition) is 0. The molecule has 0 heterocycles. The summed E-state index contributed by atoms with van der Waals surface area (Å²) in [5.41, 5.74) is 2.89. The quantitative estimate of drug-likeness (QED) is 0.646. The zero-order valence-electron chi connectivity index (χ0n) is 8.87. The van der Waals surface area contributed by atoms with Gasteiger partial charge in [-0.2, -0.15) is 0 Å². The van der Waals surface area contributed by atoms with Crippen LogP contribution in [0.4, 0.5) is 6.18 Å². The van der Waals surface area contributed by atoms with Crippen molar-refractivity contribution < 1.29 is 26.4 Å². The zero-order valence-corrected chi connectivity index (χ0v) is 10.4. The molecule has 80 valence electrons. The Labute approximate surface area is 99.7 Å². The van der Waals surface area contributed by atoms with E-state index in [1.165, 1.54) is 11.1 Å². The summed E-state index contributed by atoms with van der Waals surface area (Å²) in [5.74, 6) is 1.35. The molecule has 0 amide bonds. The van der Waals surface area contributed by atoms with E-state index in [1.807, 2.05) is 0 Å². The van der Waals surface area contributed by atoms with Gasteiger partial charge in [-0.25, -0.2) is 0 Å². The minimum atomic E-state index is -2.50. The van der Waals surface area contributed by atoms with Crippen LogP contribution in [0, 0.1) is 5.92 Å². The van der Waals surface area contributed by atoms with Crippen LogP contribution in [0.5, 0.6) is 0 Å². The molecule has 0 fully saturated rings. The van der Waals surface area contributed by atoms with Gasteiger partial charge in [0.15, 0.2) is 0 Å². The van der Waals surface area contributed by atoms with Gasteiger partial charge in [0.1, 0.15) is 0 Å². The van der Waals surface area contributed by atoms with Crippen molar-refractivity contribution in [1.82, 2.24) is 0 Å². The van der Waals surface area contributed by atoms with Crippen LogP contribution in [-0.2, 0) is 20.2 Å². The molecular weight excluding hydrogens is 230 g/mol. The Morgan fingerprint density at radius 1 is 1.20 bits per heavy atom. The third-order valence-electron chi connectivity index (χ3n) is 2.56. The number of halogens is 2. The van der Waals surface area contributed by atoms with Crippen molar-refractivity contribution in [3.8, 4) is 0 Å². The van der Waals surface area contributed by atoms with Gasteiger partial charge in [-0.05, 0) is 17.0 Å². The topological polar surface area (TPSA) is 0 Å². The minimum absolute atomic E-state index is 0.640. The van der Waals surface area contributed by atoms with Crippen molar-refractivity contribution in [3.63, 3.8) is 0 Å². The van der Waals surface area contributed by atoms with Crippen molar-refractivity contribution in [2.75, 3.05) is 0 Å². The maximum absolute atomic E-state index is 9.75.